The summed E-state index contributed by atoms with van der Waals surface area (Å²) in [6.07, 6.45) is 0. The highest BCUT2D eigenvalue weighted by Crippen LogP contribution is 2.35. The Labute approximate surface area is 161 Å². The van der Waals surface area contributed by atoms with Gasteiger partial charge in [0.15, 0.2) is 11.5 Å². The van der Waals surface area contributed by atoms with Crippen LogP contribution in [0.5, 0.6) is 11.5 Å². The first kappa shape index (κ1) is 18.4. The predicted octanol–water partition coefficient (Wildman–Crippen LogP) is 4.26. The first-order valence-corrected chi connectivity index (χ1v) is 8.88. The lowest BCUT2D eigenvalue weighted by Crippen LogP contribution is -2.11. The van der Waals surface area contributed by atoms with Crippen molar-refractivity contribution in [3.63, 3.8) is 0 Å². The molecule has 0 radical (unpaired) electrons. The fourth-order valence-electron chi connectivity index (χ4n) is 2.52. The van der Waals surface area contributed by atoms with Crippen LogP contribution in [0.1, 0.15) is 20.9 Å². The summed E-state index contributed by atoms with van der Waals surface area (Å²) in [6, 6.07) is 14.3. The Balaban J connectivity index is 1.85. The lowest BCUT2D eigenvalue weighted by Gasteiger charge is -2.08. The molecule has 0 aliphatic rings. The Morgan fingerprint density at radius 1 is 1.11 bits per heavy atom. The third kappa shape index (κ3) is 3.91. The number of thiazole rings is 1. The van der Waals surface area contributed by atoms with Gasteiger partial charge in [-0.05, 0) is 49.4 Å². The molecule has 1 N–H and O–H groups in total. The van der Waals surface area contributed by atoms with Crippen molar-refractivity contribution < 1.29 is 14.3 Å². The molecule has 1 heterocycles. The summed E-state index contributed by atoms with van der Waals surface area (Å²) in [4.78, 5) is 17.7. The summed E-state index contributed by atoms with van der Waals surface area (Å²) in [5.74, 6) is 1.00. The second kappa shape index (κ2) is 7.89. The van der Waals surface area contributed by atoms with Crippen LogP contribution in [-0.2, 0) is 0 Å². The molecule has 0 bridgehead atoms. The van der Waals surface area contributed by atoms with Crippen LogP contribution in [0.2, 0.25) is 0 Å². The van der Waals surface area contributed by atoms with Crippen LogP contribution in [-0.4, -0.2) is 25.1 Å². The van der Waals surface area contributed by atoms with Crippen molar-refractivity contribution in [2.75, 3.05) is 19.5 Å². The maximum atomic E-state index is 12.6. The molecule has 2 aromatic carbocycles. The second-order valence-electron chi connectivity index (χ2n) is 5.65. The smallest absolute Gasteiger partial charge is 0.267 e. The number of methoxy groups -OCH3 is 2. The van der Waals surface area contributed by atoms with Gasteiger partial charge in [-0.15, -0.1) is 11.3 Å². The van der Waals surface area contributed by atoms with E-state index in [0.29, 0.717) is 33.3 Å². The van der Waals surface area contributed by atoms with Crippen molar-refractivity contribution in [2.24, 2.45) is 0 Å². The summed E-state index contributed by atoms with van der Waals surface area (Å²) in [5.41, 5.74) is 2.66. The number of rotatable bonds is 5. The van der Waals surface area contributed by atoms with E-state index in [1.165, 1.54) is 11.3 Å². The molecule has 27 heavy (non-hydrogen) atoms. The minimum atomic E-state index is -0.235. The summed E-state index contributed by atoms with van der Waals surface area (Å²) < 4.78 is 10.6. The van der Waals surface area contributed by atoms with Crippen LogP contribution in [0.4, 0.5) is 5.69 Å². The number of nitrogens with one attached hydrogen (secondary N) is 1. The molecular formula is C20H17N3O3S. The molecule has 136 valence electrons. The number of carbonyl (C=O) groups is 1. The van der Waals surface area contributed by atoms with E-state index < -0.39 is 0 Å². The molecule has 1 aromatic heterocycles. The molecule has 0 saturated heterocycles. The van der Waals surface area contributed by atoms with Gasteiger partial charge < -0.3 is 14.8 Å². The van der Waals surface area contributed by atoms with Crippen LogP contribution in [0.15, 0.2) is 42.5 Å². The Morgan fingerprint density at radius 3 is 2.44 bits per heavy atom. The maximum absolute atomic E-state index is 12.6. The standard InChI is InChI=1S/C20H17N3O3S/c1-12-18(19(24)23-15-7-4-13(11-21)5-8-15)27-20(22-12)14-6-9-16(25-2)17(10-14)26-3/h4-10H,1-3H3,(H,23,24). The summed E-state index contributed by atoms with van der Waals surface area (Å²) in [6.45, 7) is 1.80. The van der Waals surface area contributed by atoms with Gasteiger partial charge in [-0.2, -0.15) is 5.26 Å². The van der Waals surface area contributed by atoms with Gasteiger partial charge >= 0.3 is 0 Å². The number of amides is 1. The average molecular weight is 379 g/mol. The molecule has 0 atom stereocenters. The van der Waals surface area contributed by atoms with E-state index in [0.717, 1.165) is 10.6 Å². The molecule has 0 unspecified atom stereocenters. The Hall–Kier alpha value is -3.37. The van der Waals surface area contributed by atoms with E-state index >= 15 is 0 Å². The zero-order valence-electron chi connectivity index (χ0n) is 15.1. The number of aryl methyl sites for hydroxylation is 1. The molecule has 7 heteroatoms. The minimum Gasteiger partial charge on any atom is -0.493 e. The maximum Gasteiger partial charge on any atom is 0.267 e. The van der Waals surface area contributed by atoms with E-state index in [4.69, 9.17) is 14.7 Å². The zero-order valence-corrected chi connectivity index (χ0v) is 15.9. The van der Waals surface area contributed by atoms with Gasteiger partial charge in [0.1, 0.15) is 9.88 Å². The summed E-state index contributed by atoms with van der Waals surface area (Å²) in [5, 5.41) is 12.4. The monoisotopic (exact) mass is 379 g/mol. The molecule has 0 aliphatic carbocycles. The van der Waals surface area contributed by atoms with Crippen molar-refractivity contribution in [1.82, 2.24) is 4.98 Å². The van der Waals surface area contributed by atoms with E-state index in [1.54, 1.807) is 51.5 Å². The number of anilines is 1. The number of benzene rings is 2. The lowest BCUT2D eigenvalue weighted by atomic mass is 10.2. The molecule has 1 amide bonds. The van der Waals surface area contributed by atoms with Crippen molar-refractivity contribution >= 4 is 22.9 Å². The van der Waals surface area contributed by atoms with E-state index in [9.17, 15) is 4.79 Å². The topological polar surface area (TPSA) is 84.2 Å². The molecule has 0 aliphatic heterocycles. The van der Waals surface area contributed by atoms with Crippen LogP contribution in [0.25, 0.3) is 10.6 Å². The molecular weight excluding hydrogens is 362 g/mol. The number of ether oxygens (including phenoxy) is 2. The number of aromatic nitrogens is 1. The highest BCUT2D eigenvalue weighted by Gasteiger charge is 2.17. The highest BCUT2D eigenvalue weighted by molar-refractivity contribution is 7.17. The quantitative estimate of drug-likeness (QED) is 0.716. The number of hydrogen-bond donors (Lipinski definition) is 1. The fourth-order valence-corrected chi connectivity index (χ4v) is 3.47. The van der Waals surface area contributed by atoms with Gasteiger partial charge in [0, 0.05) is 11.3 Å². The average Bonchev–Trinajstić information content (AvgIpc) is 3.09. The van der Waals surface area contributed by atoms with Crippen molar-refractivity contribution in [1.29, 1.82) is 5.26 Å². The number of nitrogens with zero attached hydrogens (tertiary/aromatic N) is 2. The first-order valence-electron chi connectivity index (χ1n) is 8.07. The first-order chi connectivity index (χ1) is 13.0. The summed E-state index contributed by atoms with van der Waals surface area (Å²) in [7, 11) is 3.15. The second-order valence-corrected chi connectivity index (χ2v) is 6.65. The van der Waals surface area contributed by atoms with Gasteiger partial charge in [0.25, 0.3) is 5.91 Å². The third-order valence-corrected chi connectivity index (χ3v) is 5.11. The summed E-state index contributed by atoms with van der Waals surface area (Å²) >= 11 is 1.31. The normalized spacial score (nSPS) is 10.1. The molecule has 0 fully saturated rings. The van der Waals surface area contributed by atoms with Crippen molar-refractivity contribution in [3.05, 3.63) is 58.6 Å². The van der Waals surface area contributed by atoms with Gasteiger partial charge in [0.05, 0.1) is 31.5 Å². The van der Waals surface area contributed by atoms with Crippen LogP contribution in [0, 0.1) is 18.3 Å². The SMILES string of the molecule is COc1ccc(-c2nc(C)c(C(=O)Nc3ccc(C#N)cc3)s2)cc1OC. The number of carbonyl (C=O) groups excluding carboxylic acids is 1. The number of hydrogen-bond acceptors (Lipinski definition) is 6. The molecule has 3 aromatic rings. The van der Waals surface area contributed by atoms with E-state index in [2.05, 4.69) is 10.3 Å². The number of nitriles is 1. The molecule has 6 nitrogen and oxygen atoms in total. The fraction of sp³-hybridized carbons (Fsp3) is 0.150. The van der Waals surface area contributed by atoms with Crippen LogP contribution < -0.4 is 14.8 Å². The van der Waals surface area contributed by atoms with Gasteiger partial charge in [0.2, 0.25) is 0 Å². The van der Waals surface area contributed by atoms with Gasteiger partial charge in [-0.3, -0.25) is 4.79 Å². The Bertz CT molecular complexity index is 1020. The lowest BCUT2D eigenvalue weighted by molar-refractivity contribution is 0.103. The Kier molecular flexibility index (Phi) is 5.38. The van der Waals surface area contributed by atoms with Gasteiger partial charge in [-0.25, -0.2) is 4.98 Å². The molecule has 0 spiro atoms. The van der Waals surface area contributed by atoms with Crippen LogP contribution >= 0.6 is 11.3 Å². The van der Waals surface area contributed by atoms with Crippen LogP contribution in [0.3, 0.4) is 0 Å². The third-order valence-electron chi connectivity index (χ3n) is 3.91. The molecule has 0 saturated carbocycles. The van der Waals surface area contributed by atoms with Crippen molar-refractivity contribution in [2.45, 2.75) is 6.92 Å². The van der Waals surface area contributed by atoms with E-state index in [1.807, 2.05) is 18.2 Å². The van der Waals surface area contributed by atoms with Crippen molar-refractivity contribution in [3.8, 4) is 28.1 Å². The predicted molar refractivity (Wildman–Crippen MR) is 105 cm³/mol. The minimum absolute atomic E-state index is 0.235. The zero-order chi connectivity index (χ0) is 19.4. The van der Waals surface area contributed by atoms with E-state index in [-0.39, 0.29) is 5.91 Å². The van der Waals surface area contributed by atoms with Gasteiger partial charge in [-0.1, -0.05) is 0 Å². The Morgan fingerprint density at radius 2 is 1.81 bits per heavy atom. The highest BCUT2D eigenvalue weighted by atomic mass is 32.1. The largest absolute Gasteiger partial charge is 0.493 e. The molecule has 3 rings (SSSR count).